The number of aryl methyl sites for hydroxylation is 1. The fraction of sp³-hybridized carbons (Fsp3) is 0.385. The van der Waals surface area contributed by atoms with Crippen molar-refractivity contribution < 1.29 is 33.8 Å². The number of ketones is 1. The molecule has 1 unspecified atom stereocenters. The molecule has 2 N–H and O–H groups in total. The predicted octanol–water partition coefficient (Wildman–Crippen LogP) is 1.98. The van der Waals surface area contributed by atoms with Gasteiger partial charge in [-0.3, -0.25) is 9.59 Å². The zero-order valence-electron chi connectivity index (χ0n) is 20.6. The third-order valence-corrected chi connectivity index (χ3v) is 5.86. The van der Waals surface area contributed by atoms with Crippen molar-refractivity contribution in [2.45, 2.75) is 19.9 Å². The SMILES string of the molecule is CCOc1ccc(C2C(=C(O)c3ccc(OC)c(C)c3)C(=O)C(=O)N2CC[NH+](C)C)cc1OC. The van der Waals surface area contributed by atoms with E-state index in [-0.39, 0.29) is 11.3 Å². The van der Waals surface area contributed by atoms with Gasteiger partial charge in [-0.2, -0.15) is 0 Å². The summed E-state index contributed by atoms with van der Waals surface area (Å²) < 4.78 is 16.4. The molecule has 0 saturated carbocycles. The zero-order valence-corrected chi connectivity index (χ0v) is 20.6. The zero-order chi connectivity index (χ0) is 25.0. The summed E-state index contributed by atoms with van der Waals surface area (Å²) in [5.74, 6) is 0.154. The van der Waals surface area contributed by atoms with E-state index in [4.69, 9.17) is 14.2 Å². The molecule has 0 spiro atoms. The van der Waals surface area contributed by atoms with Crippen molar-refractivity contribution in [1.82, 2.24) is 4.90 Å². The highest BCUT2D eigenvalue weighted by atomic mass is 16.5. The van der Waals surface area contributed by atoms with Crippen LogP contribution in [-0.4, -0.2) is 69.7 Å². The quantitative estimate of drug-likeness (QED) is 0.332. The van der Waals surface area contributed by atoms with Crippen molar-refractivity contribution in [1.29, 1.82) is 0 Å². The van der Waals surface area contributed by atoms with Gasteiger partial charge in [-0.05, 0) is 55.3 Å². The van der Waals surface area contributed by atoms with Crippen LogP contribution in [0.5, 0.6) is 17.2 Å². The number of carbonyl (C=O) groups is 2. The van der Waals surface area contributed by atoms with E-state index >= 15 is 0 Å². The number of carbonyl (C=O) groups excluding carboxylic acids is 2. The largest absolute Gasteiger partial charge is 0.507 e. The van der Waals surface area contributed by atoms with Gasteiger partial charge in [0, 0.05) is 5.56 Å². The van der Waals surface area contributed by atoms with Crippen LogP contribution in [0.3, 0.4) is 0 Å². The first-order valence-electron chi connectivity index (χ1n) is 11.3. The van der Waals surface area contributed by atoms with Gasteiger partial charge in [0.15, 0.2) is 11.5 Å². The van der Waals surface area contributed by atoms with Crippen molar-refractivity contribution >= 4 is 17.4 Å². The molecule has 1 aliphatic rings. The van der Waals surface area contributed by atoms with Gasteiger partial charge in [0.2, 0.25) is 0 Å². The Bertz CT molecular complexity index is 1110. The van der Waals surface area contributed by atoms with Crippen LogP contribution in [-0.2, 0) is 9.59 Å². The third kappa shape index (κ3) is 4.87. The number of rotatable bonds is 9. The minimum Gasteiger partial charge on any atom is -0.507 e. The molecule has 1 fully saturated rings. The van der Waals surface area contributed by atoms with E-state index < -0.39 is 17.7 Å². The second kappa shape index (κ2) is 10.6. The number of ether oxygens (including phenoxy) is 3. The number of aliphatic hydroxyl groups is 1. The Morgan fingerprint density at radius 2 is 1.71 bits per heavy atom. The van der Waals surface area contributed by atoms with E-state index in [1.165, 1.54) is 12.0 Å². The van der Waals surface area contributed by atoms with E-state index in [2.05, 4.69) is 0 Å². The minimum atomic E-state index is -0.758. The lowest BCUT2D eigenvalue weighted by atomic mass is 9.94. The highest BCUT2D eigenvalue weighted by Gasteiger charge is 2.46. The van der Waals surface area contributed by atoms with Crippen LogP contribution in [0.4, 0.5) is 0 Å². The lowest BCUT2D eigenvalue weighted by molar-refractivity contribution is -0.857. The van der Waals surface area contributed by atoms with E-state index in [9.17, 15) is 14.7 Å². The molecule has 34 heavy (non-hydrogen) atoms. The lowest BCUT2D eigenvalue weighted by Crippen LogP contribution is -3.06. The molecule has 1 aliphatic heterocycles. The fourth-order valence-corrected chi connectivity index (χ4v) is 4.11. The van der Waals surface area contributed by atoms with Gasteiger partial charge in [0.1, 0.15) is 11.5 Å². The number of methoxy groups -OCH3 is 2. The molecular formula is C26H33N2O6+. The number of likely N-dealkylation sites (N-methyl/N-ethyl adjacent to an activating group) is 1. The number of aliphatic hydroxyl groups excluding tert-OH is 1. The maximum atomic E-state index is 13.2. The summed E-state index contributed by atoms with van der Waals surface area (Å²) in [7, 11) is 7.06. The number of quaternary nitrogens is 1. The molecule has 0 aliphatic carbocycles. The Hall–Kier alpha value is -3.52. The van der Waals surface area contributed by atoms with Crippen LogP contribution in [0.25, 0.3) is 5.76 Å². The monoisotopic (exact) mass is 469 g/mol. The van der Waals surface area contributed by atoms with E-state index in [0.29, 0.717) is 48.1 Å². The van der Waals surface area contributed by atoms with Crippen LogP contribution in [0.2, 0.25) is 0 Å². The van der Waals surface area contributed by atoms with Gasteiger partial charge in [-0.25, -0.2) is 0 Å². The maximum absolute atomic E-state index is 13.2. The van der Waals surface area contributed by atoms with Crippen molar-refractivity contribution in [3.05, 3.63) is 58.7 Å². The van der Waals surface area contributed by atoms with Crippen LogP contribution < -0.4 is 19.1 Å². The number of Topliss-reactive ketones (excluding diaryl/α,β-unsaturated/α-hetero) is 1. The number of hydrogen-bond acceptors (Lipinski definition) is 6. The second-order valence-corrected chi connectivity index (χ2v) is 8.48. The van der Waals surface area contributed by atoms with Crippen molar-refractivity contribution in [3.8, 4) is 17.2 Å². The minimum absolute atomic E-state index is 0.0505. The first-order valence-corrected chi connectivity index (χ1v) is 11.3. The topological polar surface area (TPSA) is 89.7 Å². The smallest absolute Gasteiger partial charge is 0.295 e. The molecule has 1 amide bonds. The van der Waals surface area contributed by atoms with E-state index in [0.717, 1.165) is 10.5 Å². The summed E-state index contributed by atoms with van der Waals surface area (Å²) in [5, 5.41) is 11.3. The summed E-state index contributed by atoms with van der Waals surface area (Å²) in [6.45, 7) is 5.19. The summed E-state index contributed by atoms with van der Waals surface area (Å²) in [6.07, 6.45) is 0. The van der Waals surface area contributed by atoms with E-state index in [1.807, 2.05) is 27.9 Å². The molecule has 0 radical (unpaired) electrons. The van der Waals surface area contributed by atoms with Gasteiger partial charge < -0.3 is 29.1 Å². The van der Waals surface area contributed by atoms with Crippen molar-refractivity contribution in [2.75, 3.05) is 48.0 Å². The highest BCUT2D eigenvalue weighted by Crippen LogP contribution is 2.42. The highest BCUT2D eigenvalue weighted by molar-refractivity contribution is 6.46. The Kier molecular flexibility index (Phi) is 7.83. The third-order valence-electron chi connectivity index (χ3n) is 5.86. The fourth-order valence-electron chi connectivity index (χ4n) is 4.11. The van der Waals surface area contributed by atoms with Crippen LogP contribution in [0.1, 0.15) is 29.7 Å². The molecule has 1 atom stereocenters. The lowest BCUT2D eigenvalue weighted by Gasteiger charge is -2.26. The Balaban J connectivity index is 2.18. The molecule has 3 rings (SSSR count). The van der Waals surface area contributed by atoms with E-state index in [1.54, 1.807) is 43.5 Å². The number of benzene rings is 2. The first-order chi connectivity index (χ1) is 16.2. The van der Waals surface area contributed by atoms with Crippen LogP contribution >= 0.6 is 0 Å². The summed E-state index contributed by atoms with van der Waals surface area (Å²) in [6, 6.07) is 9.69. The molecule has 2 aromatic carbocycles. The van der Waals surface area contributed by atoms with Crippen molar-refractivity contribution in [3.63, 3.8) is 0 Å². The molecule has 8 nitrogen and oxygen atoms in total. The maximum Gasteiger partial charge on any atom is 0.295 e. The van der Waals surface area contributed by atoms with Gasteiger partial charge >= 0.3 is 0 Å². The molecule has 0 aromatic heterocycles. The van der Waals surface area contributed by atoms with Gasteiger partial charge in [-0.1, -0.05) is 6.07 Å². The Morgan fingerprint density at radius 1 is 1.03 bits per heavy atom. The predicted molar refractivity (Wildman–Crippen MR) is 129 cm³/mol. The Morgan fingerprint density at radius 3 is 2.29 bits per heavy atom. The molecule has 2 aromatic rings. The Labute approximate surface area is 200 Å². The van der Waals surface area contributed by atoms with Crippen LogP contribution in [0.15, 0.2) is 42.0 Å². The summed E-state index contributed by atoms with van der Waals surface area (Å²) in [5.41, 5.74) is 1.95. The molecule has 1 heterocycles. The average Bonchev–Trinajstić information content (AvgIpc) is 3.07. The normalized spacial score (nSPS) is 17.4. The molecule has 1 saturated heterocycles. The van der Waals surface area contributed by atoms with Crippen molar-refractivity contribution in [2.24, 2.45) is 0 Å². The number of nitrogens with one attached hydrogen (secondary N) is 1. The number of hydrogen-bond donors (Lipinski definition) is 2. The first kappa shape index (κ1) is 25.1. The summed E-state index contributed by atoms with van der Waals surface area (Å²) >= 11 is 0. The standard InChI is InChI=1S/C26H32N2O6/c1-7-34-20-11-8-17(15-21(20)33-6)23-22(25(30)26(31)28(23)13-12-27(3)4)24(29)18-9-10-19(32-5)16(2)14-18/h8-11,14-15,23,29H,7,12-13H2,1-6H3/p+1. The molecule has 8 heteroatoms. The van der Waals surface area contributed by atoms with Crippen LogP contribution in [0, 0.1) is 6.92 Å². The van der Waals surface area contributed by atoms with Gasteiger partial charge in [-0.15, -0.1) is 0 Å². The van der Waals surface area contributed by atoms with Gasteiger partial charge in [0.25, 0.3) is 11.7 Å². The molecular weight excluding hydrogens is 436 g/mol. The number of likely N-dealkylation sites (tertiary alicyclic amines) is 1. The number of nitrogens with zero attached hydrogens (tertiary/aromatic N) is 1. The summed E-state index contributed by atoms with van der Waals surface area (Å²) in [4.78, 5) is 28.9. The average molecular weight is 470 g/mol. The number of amides is 1. The second-order valence-electron chi connectivity index (χ2n) is 8.48. The molecule has 182 valence electrons. The van der Waals surface area contributed by atoms with Gasteiger partial charge in [0.05, 0.1) is 59.6 Å². The molecule has 0 bridgehead atoms.